The molecule has 6 heteroatoms. The van der Waals surface area contributed by atoms with Gasteiger partial charge in [0, 0.05) is 19.7 Å². The molecule has 138 valence electrons. The van der Waals surface area contributed by atoms with E-state index in [1.54, 1.807) is 4.90 Å². The third-order valence-electron chi connectivity index (χ3n) is 5.13. The first-order chi connectivity index (χ1) is 11.7. The second-order valence-electron chi connectivity index (χ2n) is 6.83. The van der Waals surface area contributed by atoms with Crippen LogP contribution in [0.3, 0.4) is 0 Å². The zero-order valence-electron chi connectivity index (χ0n) is 15.3. The van der Waals surface area contributed by atoms with Crippen molar-refractivity contribution in [2.45, 2.75) is 64.5 Å². The first-order valence-corrected chi connectivity index (χ1v) is 9.59. The molecule has 1 N–H and O–H groups in total. The van der Waals surface area contributed by atoms with Crippen LogP contribution in [0.2, 0.25) is 0 Å². The SMILES string of the molecule is CCC(NC(=O)C(=O)N(CC)CCCN1CCCC1)C1CCCO1. The lowest BCUT2D eigenvalue weighted by molar-refractivity contribution is -0.146. The fraction of sp³-hybridized carbons (Fsp3) is 0.889. The van der Waals surface area contributed by atoms with Crippen LogP contribution in [0, 0.1) is 0 Å². The van der Waals surface area contributed by atoms with E-state index in [2.05, 4.69) is 10.2 Å². The highest BCUT2D eigenvalue weighted by Crippen LogP contribution is 2.17. The quantitative estimate of drug-likeness (QED) is 0.679. The van der Waals surface area contributed by atoms with Gasteiger partial charge in [-0.2, -0.15) is 0 Å². The van der Waals surface area contributed by atoms with Gasteiger partial charge in [-0.05, 0) is 65.1 Å². The molecule has 0 aromatic rings. The number of carbonyl (C=O) groups excluding carboxylic acids is 2. The second kappa shape index (κ2) is 9.99. The van der Waals surface area contributed by atoms with Crippen LogP contribution in [0.4, 0.5) is 0 Å². The summed E-state index contributed by atoms with van der Waals surface area (Å²) in [6.07, 6.45) is 6.31. The van der Waals surface area contributed by atoms with Crippen molar-refractivity contribution >= 4 is 11.8 Å². The molecule has 0 bridgehead atoms. The van der Waals surface area contributed by atoms with Crippen molar-refractivity contribution in [3.05, 3.63) is 0 Å². The molecule has 2 fully saturated rings. The third-order valence-corrected chi connectivity index (χ3v) is 5.13. The molecule has 0 spiro atoms. The van der Waals surface area contributed by atoms with Crippen molar-refractivity contribution in [1.82, 2.24) is 15.1 Å². The lowest BCUT2D eigenvalue weighted by Crippen LogP contribution is -2.50. The van der Waals surface area contributed by atoms with E-state index in [-0.39, 0.29) is 12.1 Å². The van der Waals surface area contributed by atoms with Crippen molar-refractivity contribution in [3.8, 4) is 0 Å². The Morgan fingerprint density at radius 3 is 2.58 bits per heavy atom. The van der Waals surface area contributed by atoms with Crippen LogP contribution in [0.1, 0.15) is 52.4 Å². The van der Waals surface area contributed by atoms with Gasteiger partial charge in [0.25, 0.3) is 0 Å². The van der Waals surface area contributed by atoms with Crippen molar-refractivity contribution in [3.63, 3.8) is 0 Å². The van der Waals surface area contributed by atoms with E-state index < -0.39 is 11.8 Å². The van der Waals surface area contributed by atoms with Gasteiger partial charge in [-0.15, -0.1) is 0 Å². The topological polar surface area (TPSA) is 61.9 Å². The summed E-state index contributed by atoms with van der Waals surface area (Å²) >= 11 is 0. The summed E-state index contributed by atoms with van der Waals surface area (Å²) in [5.74, 6) is -0.893. The van der Waals surface area contributed by atoms with Gasteiger partial charge in [0.15, 0.2) is 0 Å². The maximum Gasteiger partial charge on any atom is 0.311 e. The average molecular weight is 339 g/mol. The summed E-state index contributed by atoms with van der Waals surface area (Å²) in [4.78, 5) is 28.8. The minimum Gasteiger partial charge on any atom is -0.376 e. The molecule has 2 amide bonds. The fourth-order valence-electron chi connectivity index (χ4n) is 3.65. The zero-order valence-corrected chi connectivity index (χ0v) is 15.3. The summed E-state index contributed by atoms with van der Waals surface area (Å²) in [7, 11) is 0. The molecule has 2 unspecified atom stereocenters. The molecule has 0 aromatic carbocycles. The Morgan fingerprint density at radius 2 is 2.00 bits per heavy atom. The minimum atomic E-state index is -0.486. The Labute approximate surface area is 145 Å². The highest BCUT2D eigenvalue weighted by molar-refractivity contribution is 6.35. The Bertz CT molecular complexity index is 404. The summed E-state index contributed by atoms with van der Waals surface area (Å²) in [5, 5.41) is 2.89. The molecule has 0 aliphatic carbocycles. The number of ether oxygens (including phenoxy) is 1. The summed E-state index contributed by atoms with van der Waals surface area (Å²) in [6.45, 7) is 9.27. The summed E-state index contributed by atoms with van der Waals surface area (Å²) in [5.41, 5.74) is 0. The Hall–Kier alpha value is -1.14. The molecule has 6 nitrogen and oxygen atoms in total. The molecule has 24 heavy (non-hydrogen) atoms. The maximum atomic E-state index is 12.4. The van der Waals surface area contributed by atoms with Gasteiger partial charge in [-0.25, -0.2) is 0 Å². The average Bonchev–Trinajstić information content (AvgIpc) is 3.29. The van der Waals surface area contributed by atoms with Crippen molar-refractivity contribution < 1.29 is 14.3 Å². The van der Waals surface area contributed by atoms with Gasteiger partial charge < -0.3 is 19.9 Å². The lowest BCUT2D eigenvalue weighted by Gasteiger charge is -2.25. The maximum absolute atomic E-state index is 12.4. The van der Waals surface area contributed by atoms with Gasteiger partial charge in [-0.3, -0.25) is 9.59 Å². The number of likely N-dealkylation sites (N-methyl/N-ethyl adjacent to an activating group) is 1. The Morgan fingerprint density at radius 1 is 1.25 bits per heavy atom. The number of carbonyl (C=O) groups is 2. The fourth-order valence-corrected chi connectivity index (χ4v) is 3.65. The molecule has 2 heterocycles. The summed E-state index contributed by atoms with van der Waals surface area (Å²) < 4.78 is 5.65. The van der Waals surface area contributed by atoms with E-state index in [1.165, 1.54) is 25.9 Å². The van der Waals surface area contributed by atoms with Gasteiger partial charge in [0.2, 0.25) is 0 Å². The monoisotopic (exact) mass is 339 g/mol. The largest absolute Gasteiger partial charge is 0.376 e. The predicted molar refractivity (Wildman–Crippen MR) is 93.7 cm³/mol. The molecule has 2 aliphatic heterocycles. The normalized spacial score (nSPS) is 22.5. The van der Waals surface area contributed by atoms with Crippen molar-refractivity contribution in [2.24, 2.45) is 0 Å². The number of hydrogen-bond acceptors (Lipinski definition) is 4. The lowest BCUT2D eigenvalue weighted by atomic mass is 10.1. The first kappa shape index (κ1) is 19.2. The van der Waals surface area contributed by atoms with E-state index in [0.29, 0.717) is 13.1 Å². The Balaban J connectivity index is 1.76. The molecule has 2 atom stereocenters. The molecule has 0 aromatic heterocycles. The van der Waals surface area contributed by atoms with Crippen LogP contribution in [0.25, 0.3) is 0 Å². The number of hydrogen-bond donors (Lipinski definition) is 1. The molecule has 0 saturated carbocycles. The first-order valence-electron chi connectivity index (χ1n) is 9.59. The van der Waals surface area contributed by atoms with E-state index in [9.17, 15) is 9.59 Å². The molecule has 0 radical (unpaired) electrons. The molecule has 2 saturated heterocycles. The van der Waals surface area contributed by atoms with Crippen LogP contribution in [-0.2, 0) is 14.3 Å². The minimum absolute atomic E-state index is 0.0528. The summed E-state index contributed by atoms with van der Waals surface area (Å²) in [6, 6.07) is -0.0627. The molecular formula is C18H33N3O3. The van der Waals surface area contributed by atoms with E-state index in [1.807, 2.05) is 13.8 Å². The zero-order chi connectivity index (χ0) is 17.4. The van der Waals surface area contributed by atoms with Gasteiger partial charge in [-0.1, -0.05) is 6.92 Å². The van der Waals surface area contributed by atoms with Gasteiger partial charge in [0.05, 0.1) is 12.1 Å². The molecular weight excluding hydrogens is 306 g/mol. The number of likely N-dealkylation sites (tertiary alicyclic amines) is 1. The van der Waals surface area contributed by atoms with Gasteiger partial charge >= 0.3 is 11.8 Å². The highest BCUT2D eigenvalue weighted by Gasteiger charge is 2.29. The van der Waals surface area contributed by atoms with E-state index in [4.69, 9.17) is 4.74 Å². The Kier molecular flexibility index (Phi) is 7.99. The standard InChI is InChI=1S/C18H33N3O3/c1-3-15(16-9-7-14-24-16)19-17(22)18(23)21(4-2)13-8-12-20-10-5-6-11-20/h15-16H,3-14H2,1-2H3,(H,19,22). The van der Waals surface area contributed by atoms with Crippen LogP contribution in [-0.4, -0.2) is 73.1 Å². The number of nitrogens with zero attached hydrogens (tertiary/aromatic N) is 2. The van der Waals surface area contributed by atoms with Crippen LogP contribution in [0.15, 0.2) is 0 Å². The predicted octanol–water partition coefficient (Wildman–Crippen LogP) is 1.39. The third kappa shape index (κ3) is 5.45. The molecule has 2 rings (SSSR count). The number of nitrogens with one attached hydrogen (secondary N) is 1. The van der Waals surface area contributed by atoms with E-state index >= 15 is 0 Å². The molecule has 2 aliphatic rings. The van der Waals surface area contributed by atoms with Crippen LogP contribution >= 0.6 is 0 Å². The number of rotatable bonds is 8. The number of amides is 2. The highest BCUT2D eigenvalue weighted by atomic mass is 16.5. The second-order valence-corrected chi connectivity index (χ2v) is 6.83. The van der Waals surface area contributed by atoms with Crippen molar-refractivity contribution in [2.75, 3.05) is 39.3 Å². The smallest absolute Gasteiger partial charge is 0.311 e. The van der Waals surface area contributed by atoms with E-state index in [0.717, 1.165) is 38.8 Å². The van der Waals surface area contributed by atoms with Crippen LogP contribution < -0.4 is 5.32 Å². The van der Waals surface area contributed by atoms with Crippen LogP contribution in [0.5, 0.6) is 0 Å². The van der Waals surface area contributed by atoms with Crippen molar-refractivity contribution in [1.29, 1.82) is 0 Å². The van der Waals surface area contributed by atoms with Gasteiger partial charge in [0.1, 0.15) is 0 Å².